The fourth-order valence-corrected chi connectivity index (χ4v) is 3.33. The average Bonchev–Trinajstić information content (AvgIpc) is 2.96. The largest absolute Gasteiger partial charge is 0.349 e. The van der Waals surface area contributed by atoms with Crippen molar-refractivity contribution in [2.75, 3.05) is 0 Å². The van der Waals surface area contributed by atoms with E-state index in [0.717, 1.165) is 18.9 Å². The second kappa shape index (κ2) is 4.90. The van der Waals surface area contributed by atoms with Gasteiger partial charge in [0.2, 0.25) is 0 Å². The molecule has 2 aromatic heterocycles. The van der Waals surface area contributed by atoms with Gasteiger partial charge >= 0.3 is 0 Å². The number of aryl methyl sites for hydroxylation is 1. The molecule has 1 atom stereocenters. The molecule has 2 heterocycles. The van der Waals surface area contributed by atoms with Gasteiger partial charge in [-0.2, -0.15) is 0 Å². The van der Waals surface area contributed by atoms with Crippen LogP contribution in [0.15, 0.2) is 30.6 Å². The zero-order valence-corrected chi connectivity index (χ0v) is 11.6. The van der Waals surface area contributed by atoms with Crippen LogP contribution >= 0.6 is 11.3 Å². The normalized spacial score (nSPS) is 17.0. The second-order valence-corrected chi connectivity index (χ2v) is 6.45. The summed E-state index contributed by atoms with van der Waals surface area (Å²) in [6.45, 7) is 3.18. The lowest BCUT2D eigenvalue weighted by Crippen LogP contribution is -2.11. The summed E-state index contributed by atoms with van der Waals surface area (Å²) >= 11 is 1.91. The molecule has 3 heteroatoms. The molecule has 0 aromatic carbocycles. The van der Waals surface area contributed by atoms with Crippen molar-refractivity contribution < 1.29 is 0 Å². The minimum atomic E-state index is 0.251. The highest BCUT2D eigenvalue weighted by molar-refractivity contribution is 7.11. The van der Waals surface area contributed by atoms with Crippen LogP contribution < -0.4 is 5.73 Å². The minimum Gasteiger partial charge on any atom is -0.349 e. The molecule has 1 aliphatic carbocycles. The highest BCUT2D eigenvalue weighted by Gasteiger charge is 2.29. The van der Waals surface area contributed by atoms with Gasteiger partial charge in [-0.05, 0) is 48.9 Å². The fraction of sp³-hybridized carbons (Fsp3) is 0.467. The summed E-state index contributed by atoms with van der Waals surface area (Å²) in [6.07, 6.45) is 8.11. The molecule has 0 radical (unpaired) electrons. The Balaban J connectivity index is 1.69. The van der Waals surface area contributed by atoms with Crippen LogP contribution in [0.3, 0.4) is 0 Å². The van der Waals surface area contributed by atoms with Crippen LogP contribution in [0.1, 0.15) is 41.1 Å². The maximum atomic E-state index is 6.22. The van der Waals surface area contributed by atoms with Gasteiger partial charge < -0.3 is 10.3 Å². The Labute approximate surface area is 112 Å². The Bertz CT molecular complexity index is 522. The Hall–Kier alpha value is -1.06. The number of aromatic nitrogens is 1. The first kappa shape index (κ1) is 12.0. The van der Waals surface area contributed by atoms with Crippen LogP contribution in [-0.2, 0) is 13.0 Å². The topological polar surface area (TPSA) is 30.9 Å². The van der Waals surface area contributed by atoms with Crippen LogP contribution in [0.4, 0.5) is 0 Å². The summed E-state index contributed by atoms with van der Waals surface area (Å²) in [5.74, 6) is 0.731. The predicted octanol–water partition coefficient (Wildman–Crippen LogP) is 3.57. The van der Waals surface area contributed by atoms with E-state index < -0.39 is 0 Å². The molecule has 1 fully saturated rings. The Kier molecular flexibility index (Phi) is 3.27. The highest BCUT2D eigenvalue weighted by Crippen LogP contribution is 2.39. The smallest absolute Gasteiger partial charge is 0.0563 e. The number of rotatable bonds is 5. The summed E-state index contributed by atoms with van der Waals surface area (Å²) < 4.78 is 2.25. The molecule has 2 N–H and O–H groups in total. The highest BCUT2D eigenvalue weighted by atomic mass is 32.1. The van der Waals surface area contributed by atoms with E-state index in [1.165, 1.54) is 28.2 Å². The quantitative estimate of drug-likeness (QED) is 0.875. The molecule has 1 unspecified atom stereocenters. The van der Waals surface area contributed by atoms with Crippen LogP contribution in [0.25, 0.3) is 0 Å². The lowest BCUT2D eigenvalue weighted by molar-refractivity contribution is 0.631. The van der Waals surface area contributed by atoms with Crippen molar-refractivity contribution in [2.45, 2.75) is 38.8 Å². The first-order valence-corrected chi connectivity index (χ1v) is 7.56. The summed E-state index contributed by atoms with van der Waals surface area (Å²) in [6, 6.07) is 6.91. The van der Waals surface area contributed by atoms with Gasteiger partial charge in [-0.1, -0.05) is 6.92 Å². The molecular formula is C15H20N2S. The summed E-state index contributed by atoms with van der Waals surface area (Å²) in [4.78, 5) is 2.89. The van der Waals surface area contributed by atoms with Crippen LogP contribution in [-0.4, -0.2) is 4.57 Å². The van der Waals surface area contributed by atoms with Gasteiger partial charge in [0.25, 0.3) is 0 Å². The van der Waals surface area contributed by atoms with Crippen molar-refractivity contribution in [3.63, 3.8) is 0 Å². The van der Waals surface area contributed by atoms with E-state index in [0.29, 0.717) is 0 Å². The summed E-state index contributed by atoms with van der Waals surface area (Å²) in [5, 5.41) is 0. The van der Waals surface area contributed by atoms with Crippen LogP contribution in [0.2, 0.25) is 0 Å². The van der Waals surface area contributed by atoms with Crippen molar-refractivity contribution in [1.29, 1.82) is 0 Å². The van der Waals surface area contributed by atoms with E-state index in [-0.39, 0.29) is 6.04 Å². The summed E-state index contributed by atoms with van der Waals surface area (Å²) in [7, 11) is 0. The molecule has 2 aromatic rings. The van der Waals surface area contributed by atoms with E-state index in [4.69, 9.17) is 5.73 Å². The van der Waals surface area contributed by atoms with Gasteiger partial charge in [0.05, 0.1) is 6.54 Å². The number of hydrogen-bond acceptors (Lipinski definition) is 2. The Morgan fingerprint density at radius 2 is 2.11 bits per heavy atom. The fourth-order valence-electron chi connectivity index (χ4n) is 2.36. The maximum Gasteiger partial charge on any atom is 0.0563 e. The van der Waals surface area contributed by atoms with Gasteiger partial charge in [-0.25, -0.2) is 0 Å². The van der Waals surface area contributed by atoms with Gasteiger partial charge in [0, 0.05) is 28.2 Å². The third kappa shape index (κ3) is 2.52. The standard InChI is InChI=1S/C15H20N2S/c1-2-13-5-6-14(18-13)10-17-8-7-12(9-17)15(16)11-3-4-11/h5-9,11,15H,2-4,10,16H2,1H3. The van der Waals surface area contributed by atoms with Crippen molar-refractivity contribution in [3.05, 3.63) is 45.9 Å². The van der Waals surface area contributed by atoms with Gasteiger partial charge in [-0.15, -0.1) is 11.3 Å². The SMILES string of the molecule is CCc1ccc(Cn2ccc(C(N)C3CC3)c2)s1. The first-order chi connectivity index (χ1) is 8.76. The molecule has 1 aliphatic rings. The van der Waals surface area contributed by atoms with Crippen LogP contribution in [0.5, 0.6) is 0 Å². The second-order valence-electron chi connectivity index (χ2n) is 5.20. The monoisotopic (exact) mass is 260 g/mol. The van der Waals surface area contributed by atoms with Gasteiger partial charge in [0.1, 0.15) is 0 Å². The molecule has 3 rings (SSSR count). The van der Waals surface area contributed by atoms with Crippen molar-refractivity contribution in [3.8, 4) is 0 Å². The van der Waals surface area contributed by atoms with Gasteiger partial charge in [0.15, 0.2) is 0 Å². The molecule has 0 aliphatic heterocycles. The zero-order chi connectivity index (χ0) is 12.5. The van der Waals surface area contributed by atoms with Crippen molar-refractivity contribution in [2.24, 2.45) is 11.7 Å². The molecule has 2 nitrogen and oxygen atoms in total. The third-order valence-corrected chi connectivity index (χ3v) is 4.91. The molecule has 0 bridgehead atoms. The number of thiophene rings is 1. The van der Waals surface area contributed by atoms with Gasteiger partial charge in [-0.3, -0.25) is 0 Å². The average molecular weight is 260 g/mol. The van der Waals surface area contributed by atoms with E-state index in [1.54, 1.807) is 0 Å². The molecule has 1 saturated carbocycles. The third-order valence-electron chi connectivity index (χ3n) is 3.69. The maximum absolute atomic E-state index is 6.22. The number of nitrogens with two attached hydrogens (primary N) is 1. The molecular weight excluding hydrogens is 240 g/mol. The predicted molar refractivity (Wildman–Crippen MR) is 76.9 cm³/mol. The summed E-state index contributed by atoms with van der Waals surface area (Å²) in [5.41, 5.74) is 7.52. The zero-order valence-electron chi connectivity index (χ0n) is 10.8. The Morgan fingerprint density at radius 3 is 2.78 bits per heavy atom. The van der Waals surface area contributed by atoms with Crippen LogP contribution in [0, 0.1) is 5.92 Å². The number of hydrogen-bond donors (Lipinski definition) is 1. The lowest BCUT2D eigenvalue weighted by Gasteiger charge is -2.07. The van der Waals surface area contributed by atoms with E-state index in [1.807, 2.05) is 11.3 Å². The first-order valence-electron chi connectivity index (χ1n) is 6.75. The molecule has 18 heavy (non-hydrogen) atoms. The Morgan fingerprint density at radius 1 is 1.33 bits per heavy atom. The minimum absolute atomic E-state index is 0.251. The molecule has 0 spiro atoms. The molecule has 0 amide bonds. The van der Waals surface area contributed by atoms with E-state index in [2.05, 4.69) is 42.1 Å². The van der Waals surface area contributed by atoms with E-state index >= 15 is 0 Å². The van der Waals surface area contributed by atoms with Crippen molar-refractivity contribution in [1.82, 2.24) is 4.57 Å². The number of nitrogens with zero attached hydrogens (tertiary/aromatic N) is 1. The molecule has 96 valence electrons. The lowest BCUT2D eigenvalue weighted by atomic mass is 10.1. The van der Waals surface area contributed by atoms with E-state index in [9.17, 15) is 0 Å². The van der Waals surface area contributed by atoms with Crippen molar-refractivity contribution >= 4 is 11.3 Å². The molecule has 0 saturated heterocycles.